The second-order valence-corrected chi connectivity index (χ2v) is 24.0. The molecule has 0 aromatic carbocycles. The van der Waals surface area contributed by atoms with Gasteiger partial charge in [-0.25, -0.2) is 0 Å². The Bertz CT molecular complexity index is 990. The fourth-order valence-corrected chi connectivity index (χ4v) is 9.84. The summed E-state index contributed by atoms with van der Waals surface area (Å²) in [6, 6.07) is 2.36. The molecule has 190 valence electrons. The Labute approximate surface area is 210 Å². The summed E-state index contributed by atoms with van der Waals surface area (Å²) in [5.74, 6) is 1.02. The van der Waals surface area contributed by atoms with Gasteiger partial charge < -0.3 is 8.84 Å². The SMILES string of the molecule is CC(=O)C1=C2CCCC[C@H]2[C@@]2(O[Si](C)(C)C(C)(C)C)CC[C@H](c3coc([Si](C)(C)C)c3)[C@@]2(C)C1. The van der Waals surface area contributed by atoms with Crippen molar-refractivity contribution in [2.24, 2.45) is 11.3 Å². The smallest absolute Gasteiger partial charge is 0.192 e. The van der Waals surface area contributed by atoms with Gasteiger partial charge in [0.25, 0.3) is 0 Å². The van der Waals surface area contributed by atoms with E-state index in [1.54, 1.807) is 6.92 Å². The molecule has 34 heavy (non-hydrogen) atoms. The van der Waals surface area contributed by atoms with Crippen molar-refractivity contribution in [2.75, 3.05) is 0 Å². The van der Waals surface area contributed by atoms with Gasteiger partial charge in [-0.3, -0.25) is 4.79 Å². The van der Waals surface area contributed by atoms with E-state index in [2.05, 4.69) is 66.5 Å². The number of hydrogen-bond donors (Lipinski definition) is 0. The number of fused-ring (bicyclic) bond motifs is 3. The van der Waals surface area contributed by atoms with Gasteiger partial charge >= 0.3 is 0 Å². The largest absolute Gasteiger partial charge is 0.474 e. The zero-order chi connectivity index (χ0) is 25.3. The molecule has 0 bridgehead atoms. The minimum absolute atomic E-state index is 0.102. The number of carbonyl (C=O) groups excluding carboxylic acids is 1. The van der Waals surface area contributed by atoms with Crippen LogP contribution in [-0.2, 0) is 9.22 Å². The second-order valence-electron chi connectivity index (χ2n) is 14.3. The molecule has 1 aromatic rings. The number of carbonyl (C=O) groups is 1. The highest BCUT2D eigenvalue weighted by Crippen LogP contribution is 2.69. The third kappa shape index (κ3) is 3.98. The van der Waals surface area contributed by atoms with Crippen molar-refractivity contribution in [3.05, 3.63) is 29.0 Å². The molecule has 0 radical (unpaired) electrons. The maximum atomic E-state index is 13.0. The van der Waals surface area contributed by atoms with Gasteiger partial charge in [0.1, 0.15) is 8.07 Å². The first-order valence-electron chi connectivity index (χ1n) is 13.6. The van der Waals surface area contributed by atoms with Gasteiger partial charge in [-0.2, -0.15) is 0 Å². The van der Waals surface area contributed by atoms with Crippen LogP contribution in [0.1, 0.15) is 91.0 Å². The molecule has 3 aliphatic carbocycles. The van der Waals surface area contributed by atoms with Crippen molar-refractivity contribution in [1.29, 1.82) is 0 Å². The number of ketones is 1. The van der Waals surface area contributed by atoms with E-state index in [9.17, 15) is 4.79 Å². The molecule has 2 saturated carbocycles. The number of Topliss-reactive ketones (excluding diaryl/α,β-unsaturated/α-hetero) is 1. The minimum atomic E-state index is -2.04. The molecule has 3 nitrogen and oxygen atoms in total. The Morgan fingerprint density at radius 2 is 1.76 bits per heavy atom. The van der Waals surface area contributed by atoms with Crippen LogP contribution >= 0.6 is 0 Å². The molecule has 1 heterocycles. The van der Waals surface area contributed by atoms with Crippen LogP contribution in [0.3, 0.4) is 0 Å². The molecule has 2 fully saturated rings. The van der Waals surface area contributed by atoms with Crippen molar-refractivity contribution in [3.63, 3.8) is 0 Å². The number of hydrogen-bond acceptors (Lipinski definition) is 3. The minimum Gasteiger partial charge on any atom is -0.474 e. The van der Waals surface area contributed by atoms with Crippen LogP contribution in [0.15, 0.2) is 27.9 Å². The predicted octanol–water partition coefficient (Wildman–Crippen LogP) is 7.95. The maximum Gasteiger partial charge on any atom is 0.192 e. The van der Waals surface area contributed by atoms with Crippen molar-refractivity contribution >= 4 is 27.6 Å². The first-order chi connectivity index (χ1) is 15.5. The molecular weight excluding hydrogens is 452 g/mol. The van der Waals surface area contributed by atoms with Gasteiger partial charge in [0.2, 0.25) is 0 Å². The lowest BCUT2D eigenvalue weighted by molar-refractivity contribution is -0.118. The third-order valence-corrected chi connectivity index (χ3v) is 16.3. The van der Waals surface area contributed by atoms with Crippen LogP contribution < -0.4 is 5.38 Å². The summed E-state index contributed by atoms with van der Waals surface area (Å²) < 4.78 is 13.8. The van der Waals surface area contributed by atoms with Crippen LogP contribution in [0.2, 0.25) is 37.8 Å². The number of rotatable bonds is 5. The molecule has 0 saturated heterocycles. The molecule has 5 heteroatoms. The Balaban J connectivity index is 1.89. The summed E-state index contributed by atoms with van der Waals surface area (Å²) in [5, 5.41) is 1.34. The molecule has 3 aliphatic rings. The normalized spacial score (nSPS) is 32.5. The summed E-state index contributed by atoms with van der Waals surface area (Å²) in [5.41, 5.74) is 3.62. The molecule has 0 amide bonds. The van der Waals surface area contributed by atoms with E-state index >= 15 is 0 Å². The molecule has 0 N–H and O–H groups in total. The van der Waals surface area contributed by atoms with E-state index in [-0.39, 0.29) is 21.8 Å². The zero-order valence-electron chi connectivity index (χ0n) is 23.5. The second kappa shape index (κ2) is 8.31. The van der Waals surface area contributed by atoms with E-state index in [0.29, 0.717) is 11.8 Å². The Kier molecular flexibility index (Phi) is 6.39. The molecule has 0 aliphatic heterocycles. The van der Waals surface area contributed by atoms with Crippen LogP contribution in [0.25, 0.3) is 0 Å². The average Bonchev–Trinajstić information content (AvgIpc) is 3.29. The highest BCUT2D eigenvalue weighted by atomic mass is 28.4. The van der Waals surface area contributed by atoms with E-state index in [4.69, 9.17) is 8.84 Å². The van der Waals surface area contributed by atoms with Gasteiger partial charge in [0, 0.05) is 11.3 Å². The van der Waals surface area contributed by atoms with Crippen LogP contribution in [0.5, 0.6) is 0 Å². The van der Waals surface area contributed by atoms with Gasteiger partial charge in [0.15, 0.2) is 14.1 Å². The Hall–Kier alpha value is -0.916. The van der Waals surface area contributed by atoms with Crippen molar-refractivity contribution in [3.8, 4) is 0 Å². The van der Waals surface area contributed by atoms with E-state index < -0.39 is 16.4 Å². The van der Waals surface area contributed by atoms with Crippen molar-refractivity contribution in [1.82, 2.24) is 0 Å². The summed E-state index contributed by atoms with van der Waals surface area (Å²) in [4.78, 5) is 13.0. The topological polar surface area (TPSA) is 39.4 Å². The predicted molar refractivity (Wildman–Crippen MR) is 147 cm³/mol. The van der Waals surface area contributed by atoms with Gasteiger partial charge in [0.05, 0.1) is 17.2 Å². The standard InChI is InChI=1S/C29H48O3Si2/c1-20(30)23-18-28(5)24(21-17-26(31-19-21)33(6,7)8)15-16-29(28,25-14-12-11-13-22(23)25)32-34(9,10)27(2,3)4/h17,19,24-25H,11-16,18H2,1-10H3/t24-,25-,28-,29+/m1/s1. The lowest BCUT2D eigenvalue weighted by Gasteiger charge is -2.60. The summed E-state index contributed by atoms with van der Waals surface area (Å²) in [7, 11) is -3.57. The first kappa shape index (κ1) is 26.2. The van der Waals surface area contributed by atoms with Crippen LogP contribution in [0.4, 0.5) is 0 Å². The fourth-order valence-electron chi connectivity index (χ4n) is 7.13. The molecule has 4 rings (SSSR count). The molecule has 4 atom stereocenters. The lowest BCUT2D eigenvalue weighted by Crippen LogP contribution is -2.62. The molecule has 0 spiro atoms. The monoisotopic (exact) mass is 500 g/mol. The van der Waals surface area contributed by atoms with Gasteiger partial charge in [-0.15, -0.1) is 0 Å². The van der Waals surface area contributed by atoms with Gasteiger partial charge in [-0.1, -0.05) is 59.3 Å². The highest BCUT2D eigenvalue weighted by Gasteiger charge is 2.67. The van der Waals surface area contributed by atoms with Crippen LogP contribution in [0, 0.1) is 11.3 Å². The Morgan fingerprint density at radius 3 is 2.32 bits per heavy atom. The van der Waals surface area contributed by atoms with Crippen molar-refractivity contribution < 1.29 is 13.6 Å². The van der Waals surface area contributed by atoms with E-state index in [1.807, 2.05) is 6.26 Å². The lowest BCUT2D eigenvalue weighted by atomic mass is 9.53. The van der Waals surface area contributed by atoms with Crippen molar-refractivity contribution in [2.45, 2.75) is 129 Å². The van der Waals surface area contributed by atoms with E-state index in [1.165, 1.54) is 29.4 Å². The first-order valence-corrected chi connectivity index (χ1v) is 20.0. The summed E-state index contributed by atoms with van der Waals surface area (Å²) in [6.07, 6.45) is 9.79. The number of allylic oxidation sites excluding steroid dienone is 1. The maximum absolute atomic E-state index is 13.0. The quantitative estimate of drug-likeness (QED) is 0.385. The van der Waals surface area contributed by atoms with Gasteiger partial charge in [-0.05, 0) is 86.7 Å². The molecule has 0 unspecified atom stereocenters. The average molecular weight is 501 g/mol. The van der Waals surface area contributed by atoms with E-state index in [0.717, 1.165) is 37.7 Å². The number of furan rings is 1. The molecule has 1 aromatic heterocycles. The summed E-state index contributed by atoms with van der Waals surface area (Å²) >= 11 is 0. The zero-order valence-corrected chi connectivity index (χ0v) is 25.5. The fraction of sp³-hybridized carbons (Fsp3) is 0.759. The summed E-state index contributed by atoms with van der Waals surface area (Å²) in [6.45, 7) is 23.2. The molecular formula is C29H48O3Si2. The highest BCUT2D eigenvalue weighted by molar-refractivity contribution is 6.87. The van der Waals surface area contributed by atoms with Crippen LogP contribution in [-0.4, -0.2) is 27.8 Å². The third-order valence-electron chi connectivity index (χ3n) is 10.1. The Morgan fingerprint density at radius 1 is 1.09 bits per heavy atom.